The first-order valence-corrected chi connectivity index (χ1v) is 13.0. The third-order valence-electron chi connectivity index (χ3n) is 7.70. The van der Waals surface area contributed by atoms with Crippen LogP contribution in [0.1, 0.15) is 65.0 Å². The molecule has 5 atom stereocenters. The largest absolute Gasteiger partial charge is 0.479 e. The molecule has 2 amide bonds. The van der Waals surface area contributed by atoms with Gasteiger partial charge in [0, 0.05) is 31.0 Å². The minimum absolute atomic E-state index is 0.119. The van der Waals surface area contributed by atoms with Gasteiger partial charge >= 0.3 is 12.0 Å². The molecule has 2 heterocycles. The van der Waals surface area contributed by atoms with Crippen LogP contribution < -0.4 is 14.8 Å². The Kier molecular flexibility index (Phi) is 7.48. The van der Waals surface area contributed by atoms with Gasteiger partial charge < -0.3 is 24.8 Å². The molecule has 1 aromatic heterocycles. The normalized spacial score (nSPS) is 31.4. The predicted octanol–water partition coefficient (Wildman–Crippen LogP) is 2.71. The Hall–Kier alpha value is -3.17. The van der Waals surface area contributed by atoms with Gasteiger partial charge in [0.05, 0.1) is 24.6 Å². The molecule has 10 heteroatoms. The summed E-state index contributed by atoms with van der Waals surface area (Å²) < 4.78 is 11.5. The number of carbonyl (C=O) groups is 3. The number of methoxy groups -OCH3 is 1. The Labute approximate surface area is 217 Å². The molecule has 2 aliphatic carbocycles. The molecule has 0 spiro atoms. The Morgan fingerprint density at radius 3 is 2.59 bits per heavy atom. The van der Waals surface area contributed by atoms with E-state index < -0.39 is 35.4 Å². The lowest BCUT2D eigenvalue weighted by Gasteiger charge is -2.26. The lowest BCUT2D eigenvalue weighted by atomic mass is 9.92. The number of ether oxygens (including phenoxy) is 2. The number of carboxylic acid groups (broad SMARTS) is 1. The Morgan fingerprint density at radius 2 is 1.92 bits per heavy atom. The van der Waals surface area contributed by atoms with Gasteiger partial charge in [-0.2, -0.15) is 9.97 Å². The molecule has 0 radical (unpaired) electrons. The predicted molar refractivity (Wildman–Crippen MR) is 135 cm³/mol. The van der Waals surface area contributed by atoms with Crippen molar-refractivity contribution in [3.8, 4) is 11.9 Å². The second-order valence-corrected chi connectivity index (χ2v) is 11.5. The van der Waals surface area contributed by atoms with Gasteiger partial charge in [-0.1, -0.05) is 32.9 Å². The number of hydrogen-bond acceptors (Lipinski definition) is 7. The van der Waals surface area contributed by atoms with E-state index in [0.29, 0.717) is 25.3 Å². The van der Waals surface area contributed by atoms with Crippen molar-refractivity contribution >= 4 is 17.8 Å². The number of allylic oxidation sites excluding steroid dienone is 1. The Bertz CT molecular complexity index is 1080. The fourth-order valence-electron chi connectivity index (χ4n) is 5.30. The van der Waals surface area contributed by atoms with E-state index in [4.69, 9.17) is 9.47 Å². The molecule has 0 aromatic carbocycles. The topological polar surface area (TPSA) is 131 Å². The Morgan fingerprint density at radius 1 is 1.19 bits per heavy atom. The highest BCUT2D eigenvalue weighted by Gasteiger charge is 2.61. The summed E-state index contributed by atoms with van der Waals surface area (Å²) in [7, 11) is 3.25. The summed E-state index contributed by atoms with van der Waals surface area (Å²) in [5, 5.41) is 12.7. The van der Waals surface area contributed by atoms with Crippen molar-refractivity contribution in [3.63, 3.8) is 0 Å². The van der Waals surface area contributed by atoms with Gasteiger partial charge in [-0.3, -0.25) is 9.59 Å². The molecule has 3 aliphatic rings. The van der Waals surface area contributed by atoms with Crippen molar-refractivity contribution in [2.75, 3.05) is 20.7 Å². The minimum atomic E-state index is -1.31. The molecule has 0 bridgehead atoms. The molecule has 2 fully saturated rings. The number of rotatable bonds is 4. The van der Waals surface area contributed by atoms with Crippen LogP contribution in [0.15, 0.2) is 18.2 Å². The second-order valence-electron chi connectivity index (χ2n) is 11.5. The molecule has 0 saturated heterocycles. The van der Waals surface area contributed by atoms with Gasteiger partial charge in [0.1, 0.15) is 11.6 Å². The SMILES string of the molecule is COc1nc(OC2CC3C(=O)NC4(C(=O)O)CC4/C=C/CCCCN(C)C(=O)C3C2)cc(C(C)(C)C)n1. The number of amides is 2. The fraction of sp³-hybridized carbons (Fsp3) is 0.667. The summed E-state index contributed by atoms with van der Waals surface area (Å²) in [5.74, 6) is -2.81. The van der Waals surface area contributed by atoms with Gasteiger partial charge in [0.2, 0.25) is 17.7 Å². The number of aromatic nitrogens is 2. The standard InChI is InChI=1S/C27H38N4O6/c1-26(2,3)20-14-21(29-25(28-20)36-5)37-17-12-18-19(13-17)23(33)31(4)11-9-7-6-8-10-16-15-27(16,24(34)35)30-22(18)32/h8,10,14,16-19H,6-7,9,11-13,15H2,1-5H3,(H,30,32)(H,34,35)/b10-8+. The summed E-state index contributed by atoms with van der Waals surface area (Å²) in [4.78, 5) is 49.5. The Balaban J connectivity index is 1.59. The number of nitrogens with zero attached hydrogens (tertiary/aromatic N) is 3. The summed E-state index contributed by atoms with van der Waals surface area (Å²) in [5.41, 5.74) is -0.828. The van der Waals surface area contributed by atoms with E-state index in [1.165, 1.54) is 7.11 Å². The van der Waals surface area contributed by atoms with Crippen LogP contribution in [0.3, 0.4) is 0 Å². The van der Waals surface area contributed by atoms with Crippen molar-refractivity contribution in [1.29, 1.82) is 0 Å². The summed E-state index contributed by atoms with van der Waals surface area (Å²) in [6, 6.07) is 1.94. The second kappa shape index (κ2) is 10.3. The summed E-state index contributed by atoms with van der Waals surface area (Å²) in [6.07, 6.45) is 6.96. The molecule has 5 unspecified atom stereocenters. The maximum atomic E-state index is 13.5. The average Bonchev–Trinajstić information content (AvgIpc) is 3.38. The third-order valence-corrected chi connectivity index (χ3v) is 7.70. The molecule has 10 nitrogen and oxygen atoms in total. The van der Waals surface area contributed by atoms with E-state index >= 15 is 0 Å². The van der Waals surface area contributed by atoms with Crippen LogP contribution in [0.2, 0.25) is 0 Å². The van der Waals surface area contributed by atoms with E-state index in [9.17, 15) is 19.5 Å². The summed E-state index contributed by atoms with van der Waals surface area (Å²) >= 11 is 0. The van der Waals surface area contributed by atoms with E-state index in [1.54, 1.807) is 18.0 Å². The number of hydrogen-bond donors (Lipinski definition) is 2. The fourth-order valence-corrected chi connectivity index (χ4v) is 5.30. The zero-order chi connectivity index (χ0) is 27.0. The highest BCUT2D eigenvalue weighted by Crippen LogP contribution is 2.46. The van der Waals surface area contributed by atoms with Crippen molar-refractivity contribution in [2.24, 2.45) is 17.8 Å². The average molecular weight is 515 g/mol. The number of aliphatic carboxylic acids is 1. The monoisotopic (exact) mass is 514 g/mol. The molecular weight excluding hydrogens is 476 g/mol. The molecule has 1 aromatic rings. The lowest BCUT2D eigenvalue weighted by Crippen LogP contribution is -2.49. The first-order valence-electron chi connectivity index (χ1n) is 13.0. The van der Waals surface area contributed by atoms with E-state index in [2.05, 4.69) is 15.3 Å². The maximum Gasteiger partial charge on any atom is 0.330 e. The van der Waals surface area contributed by atoms with Gasteiger partial charge in [-0.25, -0.2) is 4.79 Å². The van der Waals surface area contributed by atoms with Crippen LogP contribution in [0.4, 0.5) is 0 Å². The van der Waals surface area contributed by atoms with Crippen molar-refractivity contribution < 1.29 is 29.0 Å². The number of nitrogens with one attached hydrogen (secondary N) is 1. The van der Waals surface area contributed by atoms with Crippen LogP contribution in [0.5, 0.6) is 11.9 Å². The smallest absolute Gasteiger partial charge is 0.330 e. The van der Waals surface area contributed by atoms with Crippen LogP contribution in [0, 0.1) is 17.8 Å². The molecule has 202 valence electrons. The third kappa shape index (κ3) is 5.72. The van der Waals surface area contributed by atoms with E-state index in [1.807, 2.05) is 32.9 Å². The van der Waals surface area contributed by atoms with Crippen LogP contribution in [-0.2, 0) is 19.8 Å². The number of carbonyl (C=O) groups excluding carboxylic acids is 2. The number of fused-ring (bicyclic) bond motifs is 2. The first kappa shape index (κ1) is 26.9. The quantitative estimate of drug-likeness (QED) is 0.587. The minimum Gasteiger partial charge on any atom is -0.479 e. The van der Waals surface area contributed by atoms with Crippen LogP contribution >= 0.6 is 0 Å². The zero-order valence-electron chi connectivity index (χ0n) is 22.3. The van der Waals surface area contributed by atoms with Crippen molar-refractivity contribution in [1.82, 2.24) is 20.2 Å². The van der Waals surface area contributed by atoms with E-state index in [-0.39, 0.29) is 29.7 Å². The van der Waals surface area contributed by atoms with E-state index in [0.717, 1.165) is 25.0 Å². The van der Waals surface area contributed by atoms with Crippen molar-refractivity contribution in [3.05, 3.63) is 23.9 Å². The van der Waals surface area contributed by atoms with Crippen molar-refractivity contribution in [2.45, 2.75) is 76.4 Å². The molecule has 2 N–H and O–H groups in total. The highest BCUT2D eigenvalue weighted by molar-refractivity contribution is 5.94. The van der Waals surface area contributed by atoms with Crippen LogP contribution in [0.25, 0.3) is 0 Å². The van der Waals surface area contributed by atoms with Gasteiger partial charge in [0.15, 0.2) is 0 Å². The molecule has 4 rings (SSSR count). The summed E-state index contributed by atoms with van der Waals surface area (Å²) in [6.45, 7) is 6.67. The molecular formula is C27H38N4O6. The van der Waals surface area contributed by atoms with Gasteiger partial charge in [-0.05, 0) is 38.5 Å². The zero-order valence-corrected chi connectivity index (χ0v) is 22.3. The highest BCUT2D eigenvalue weighted by atomic mass is 16.5. The van der Waals surface area contributed by atoms with Gasteiger partial charge in [0.25, 0.3) is 0 Å². The molecule has 2 saturated carbocycles. The van der Waals surface area contributed by atoms with Crippen LogP contribution in [-0.4, -0.2) is 70.1 Å². The first-order chi connectivity index (χ1) is 17.4. The maximum absolute atomic E-state index is 13.5. The molecule has 37 heavy (non-hydrogen) atoms. The van der Waals surface area contributed by atoms with Gasteiger partial charge in [-0.15, -0.1) is 0 Å². The lowest BCUT2D eigenvalue weighted by molar-refractivity contribution is -0.145. The molecule has 1 aliphatic heterocycles. The number of carboxylic acids is 1.